The van der Waals surface area contributed by atoms with Crippen LogP contribution in [0.25, 0.3) is 11.1 Å². The van der Waals surface area contributed by atoms with Gasteiger partial charge in [-0.3, -0.25) is 14.6 Å². The summed E-state index contributed by atoms with van der Waals surface area (Å²) in [6.45, 7) is 0. The van der Waals surface area contributed by atoms with Gasteiger partial charge in [-0.15, -0.1) is 37.2 Å². The molecule has 0 atom stereocenters. The lowest BCUT2D eigenvalue weighted by Crippen LogP contribution is -2.34. The Bertz CT molecular complexity index is 1070. The van der Waals surface area contributed by atoms with E-state index in [0.29, 0.717) is 28.0 Å². The van der Waals surface area contributed by atoms with E-state index in [0.717, 1.165) is 25.7 Å². The molecule has 0 aromatic carbocycles. The summed E-state index contributed by atoms with van der Waals surface area (Å²) in [6.07, 6.45) is 6.48. The van der Waals surface area contributed by atoms with E-state index in [2.05, 4.69) is 25.9 Å². The standard InChI is InChI=1S/C21H22ClN5O3.3ClH/c1-23-14-7-4-12(5-8-14)20(28)27-18-17-15(3-2-10-24-17)30-19(18)21(29)26-16-9-6-13(22)11-25-16;;;/h2-3,6,9-12,14,23H,4-5,7-8H2,1H3,(H,27,28)(H,25,26,29);3*1H. The van der Waals surface area contributed by atoms with E-state index >= 15 is 0 Å². The van der Waals surface area contributed by atoms with Crippen molar-refractivity contribution in [2.75, 3.05) is 17.7 Å². The number of pyridine rings is 2. The Kier molecular flexibility index (Phi) is 11.4. The van der Waals surface area contributed by atoms with Gasteiger partial charge in [-0.05, 0) is 57.0 Å². The molecule has 1 saturated carbocycles. The summed E-state index contributed by atoms with van der Waals surface area (Å²) in [7, 11) is 1.94. The number of anilines is 2. The number of furan rings is 1. The van der Waals surface area contributed by atoms with E-state index in [1.54, 1.807) is 30.5 Å². The Labute approximate surface area is 214 Å². The van der Waals surface area contributed by atoms with Crippen molar-refractivity contribution in [3.63, 3.8) is 0 Å². The quantitative estimate of drug-likeness (QED) is 0.418. The predicted molar refractivity (Wildman–Crippen MR) is 136 cm³/mol. The lowest BCUT2D eigenvalue weighted by molar-refractivity contribution is -0.120. The third kappa shape index (κ3) is 6.71. The summed E-state index contributed by atoms with van der Waals surface area (Å²) >= 11 is 5.84. The van der Waals surface area contributed by atoms with Crippen molar-refractivity contribution in [3.8, 4) is 0 Å². The third-order valence-electron chi connectivity index (χ3n) is 5.38. The first-order chi connectivity index (χ1) is 14.5. The molecule has 12 heteroatoms. The summed E-state index contributed by atoms with van der Waals surface area (Å²) in [4.78, 5) is 34.1. The fraction of sp³-hybridized carbons (Fsp3) is 0.333. The zero-order valence-electron chi connectivity index (χ0n) is 17.7. The van der Waals surface area contributed by atoms with Gasteiger partial charge in [0.05, 0.1) is 5.02 Å². The second-order valence-corrected chi connectivity index (χ2v) is 7.74. The highest BCUT2D eigenvalue weighted by atomic mass is 35.5. The van der Waals surface area contributed by atoms with Crippen LogP contribution in [0.5, 0.6) is 0 Å². The molecule has 1 aliphatic carbocycles. The SMILES string of the molecule is CNC1CCC(C(=O)Nc2c(C(=O)Nc3ccc(Cl)cn3)oc3cccnc23)CC1.Cl.Cl.Cl. The van der Waals surface area contributed by atoms with Crippen molar-refractivity contribution in [2.24, 2.45) is 5.92 Å². The average molecular weight is 537 g/mol. The van der Waals surface area contributed by atoms with E-state index in [4.69, 9.17) is 16.0 Å². The smallest absolute Gasteiger partial charge is 0.294 e. The van der Waals surface area contributed by atoms with Crippen LogP contribution in [0.3, 0.4) is 0 Å². The molecule has 33 heavy (non-hydrogen) atoms. The number of aromatic nitrogens is 2. The summed E-state index contributed by atoms with van der Waals surface area (Å²) in [6, 6.07) is 7.05. The van der Waals surface area contributed by atoms with Gasteiger partial charge < -0.3 is 20.4 Å². The maximum Gasteiger partial charge on any atom is 0.294 e. The van der Waals surface area contributed by atoms with Crippen molar-refractivity contribution in [1.82, 2.24) is 15.3 Å². The molecule has 0 aliphatic heterocycles. The molecule has 0 unspecified atom stereocenters. The van der Waals surface area contributed by atoms with Crippen LogP contribution >= 0.6 is 48.8 Å². The van der Waals surface area contributed by atoms with Crippen molar-refractivity contribution >= 4 is 83.2 Å². The molecule has 3 heterocycles. The van der Waals surface area contributed by atoms with Gasteiger partial charge in [0.2, 0.25) is 11.7 Å². The molecule has 3 N–H and O–H groups in total. The molecule has 2 amide bonds. The van der Waals surface area contributed by atoms with E-state index in [1.165, 1.54) is 6.20 Å². The molecular weight excluding hydrogens is 512 g/mol. The minimum Gasteiger partial charge on any atom is -0.447 e. The lowest BCUT2D eigenvalue weighted by atomic mass is 9.85. The Morgan fingerprint density at radius 2 is 1.76 bits per heavy atom. The molecule has 1 aliphatic rings. The minimum absolute atomic E-state index is 0. The first kappa shape index (κ1) is 28.9. The van der Waals surface area contributed by atoms with Crippen molar-refractivity contribution in [3.05, 3.63) is 47.4 Å². The number of hydrogen-bond acceptors (Lipinski definition) is 6. The van der Waals surface area contributed by atoms with Gasteiger partial charge in [-0.1, -0.05) is 11.6 Å². The molecular formula is C21H25Cl4N5O3. The number of rotatable bonds is 5. The Hall–Kier alpha value is -2.10. The van der Waals surface area contributed by atoms with Gasteiger partial charge >= 0.3 is 0 Å². The first-order valence-electron chi connectivity index (χ1n) is 9.83. The second kappa shape index (κ2) is 13.0. The summed E-state index contributed by atoms with van der Waals surface area (Å²) in [5.74, 6) is -0.469. The number of fused-ring (bicyclic) bond motifs is 1. The molecule has 3 aromatic rings. The Balaban J connectivity index is 0.00000181. The normalized spacial score (nSPS) is 17.2. The second-order valence-electron chi connectivity index (χ2n) is 7.30. The number of carbonyl (C=O) groups is 2. The summed E-state index contributed by atoms with van der Waals surface area (Å²) in [5, 5.41) is 9.28. The molecule has 1 fully saturated rings. The molecule has 0 spiro atoms. The summed E-state index contributed by atoms with van der Waals surface area (Å²) in [5.41, 5.74) is 1.13. The van der Waals surface area contributed by atoms with Crippen molar-refractivity contribution in [2.45, 2.75) is 31.7 Å². The summed E-state index contributed by atoms with van der Waals surface area (Å²) < 4.78 is 5.73. The maximum atomic E-state index is 12.9. The van der Waals surface area contributed by atoms with Crippen LogP contribution in [0.1, 0.15) is 36.2 Å². The van der Waals surface area contributed by atoms with Crippen molar-refractivity contribution < 1.29 is 14.0 Å². The van der Waals surface area contributed by atoms with Crippen LogP contribution < -0.4 is 16.0 Å². The topological polar surface area (TPSA) is 109 Å². The average Bonchev–Trinajstić information content (AvgIpc) is 3.14. The van der Waals surface area contributed by atoms with Crippen LogP contribution in [0, 0.1) is 5.92 Å². The number of nitrogens with one attached hydrogen (secondary N) is 3. The largest absolute Gasteiger partial charge is 0.447 e. The highest BCUT2D eigenvalue weighted by Gasteiger charge is 2.29. The van der Waals surface area contributed by atoms with Crippen LogP contribution in [-0.4, -0.2) is 34.9 Å². The maximum absolute atomic E-state index is 12.9. The fourth-order valence-corrected chi connectivity index (χ4v) is 3.81. The Morgan fingerprint density at radius 3 is 2.39 bits per heavy atom. The van der Waals surface area contributed by atoms with E-state index < -0.39 is 5.91 Å². The first-order valence-corrected chi connectivity index (χ1v) is 10.2. The van der Waals surface area contributed by atoms with Crippen LogP contribution in [0.4, 0.5) is 11.5 Å². The van der Waals surface area contributed by atoms with Gasteiger partial charge in [-0.25, -0.2) is 4.98 Å². The zero-order valence-corrected chi connectivity index (χ0v) is 20.9. The van der Waals surface area contributed by atoms with Gasteiger partial charge in [0.25, 0.3) is 5.91 Å². The highest BCUT2D eigenvalue weighted by molar-refractivity contribution is 6.30. The zero-order chi connectivity index (χ0) is 21.1. The van der Waals surface area contributed by atoms with E-state index in [9.17, 15) is 9.59 Å². The monoisotopic (exact) mass is 535 g/mol. The number of nitrogens with zero attached hydrogens (tertiary/aromatic N) is 2. The predicted octanol–water partition coefficient (Wildman–Crippen LogP) is 5.11. The van der Waals surface area contributed by atoms with E-state index in [-0.39, 0.29) is 60.5 Å². The molecule has 0 bridgehead atoms. The van der Waals surface area contributed by atoms with Crippen LogP contribution in [-0.2, 0) is 4.79 Å². The molecule has 180 valence electrons. The van der Waals surface area contributed by atoms with Crippen LogP contribution in [0.2, 0.25) is 5.02 Å². The van der Waals surface area contributed by atoms with Gasteiger partial charge in [0.1, 0.15) is 17.0 Å². The van der Waals surface area contributed by atoms with Gasteiger partial charge in [0.15, 0.2) is 5.58 Å². The van der Waals surface area contributed by atoms with Gasteiger partial charge in [-0.2, -0.15) is 0 Å². The third-order valence-corrected chi connectivity index (χ3v) is 5.60. The molecule has 4 rings (SSSR count). The van der Waals surface area contributed by atoms with Crippen LogP contribution in [0.15, 0.2) is 41.1 Å². The van der Waals surface area contributed by atoms with Crippen molar-refractivity contribution in [1.29, 1.82) is 0 Å². The Morgan fingerprint density at radius 1 is 1.03 bits per heavy atom. The number of amides is 2. The number of hydrogen-bond donors (Lipinski definition) is 3. The highest BCUT2D eigenvalue weighted by Crippen LogP contribution is 2.32. The number of carbonyl (C=O) groups excluding carboxylic acids is 2. The fourth-order valence-electron chi connectivity index (χ4n) is 3.70. The van der Waals surface area contributed by atoms with Gasteiger partial charge in [0, 0.05) is 24.4 Å². The minimum atomic E-state index is -0.531. The molecule has 0 saturated heterocycles. The van der Waals surface area contributed by atoms with E-state index in [1.807, 2.05) is 7.05 Å². The molecule has 3 aromatic heterocycles. The molecule has 0 radical (unpaired) electrons. The number of halogens is 4. The molecule has 8 nitrogen and oxygen atoms in total. The lowest BCUT2D eigenvalue weighted by Gasteiger charge is -2.27.